The highest BCUT2D eigenvalue weighted by molar-refractivity contribution is 7.89. The summed E-state index contributed by atoms with van der Waals surface area (Å²) in [6.45, 7) is 2.06. The summed E-state index contributed by atoms with van der Waals surface area (Å²) < 4.78 is 27.2. The van der Waals surface area contributed by atoms with E-state index in [4.69, 9.17) is 0 Å². The SMILES string of the molecule is Cc1csc(CO)c1S(=O)(=O)NCC1CCCC1. The van der Waals surface area contributed by atoms with Crippen LogP contribution in [0, 0.1) is 12.8 Å². The second-order valence-electron chi connectivity index (χ2n) is 4.83. The fraction of sp³-hybridized carbons (Fsp3) is 0.667. The first-order chi connectivity index (χ1) is 8.54. The zero-order valence-electron chi connectivity index (χ0n) is 10.5. The van der Waals surface area contributed by atoms with Crippen molar-refractivity contribution >= 4 is 21.4 Å². The maximum atomic E-state index is 12.2. The summed E-state index contributed by atoms with van der Waals surface area (Å²) in [4.78, 5) is 0.791. The Hall–Kier alpha value is -0.430. The van der Waals surface area contributed by atoms with Crippen molar-refractivity contribution in [1.29, 1.82) is 0 Å². The van der Waals surface area contributed by atoms with Crippen molar-refractivity contribution in [3.63, 3.8) is 0 Å². The quantitative estimate of drug-likeness (QED) is 0.871. The minimum Gasteiger partial charge on any atom is -0.391 e. The van der Waals surface area contributed by atoms with Crippen LogP contribution in [0.25, 0.3) is 0 Å². The number of hydrogen-bond acceptors (Lipinski definition) is 4. The van der Waals surface area contributed by atoms with Crippen molar-refractivity contribution in [3.05, 3.63) is 15.8 Å². The first kappa shape index (κ1) is 14.0. The average Bonchev–Trinajstić information content (AvgIpc) is 2.95. The summed E-state index contributed by atoms with van der Waals surface area (Å²) in [5.74, 6) is 0.469. The molecule has 0 bridgehead atoms. The molecule has 0 spiro atoms. The van der Waals surface area contributed by atoms with E-state index in [-0.39, 0.29) is 11.5 Å². The number of nitrogens with one attached hydrogen (secondary N) is 1. The predicted octanol–water partition coefficient (Wildman–Crippen LogP) is 2.02. The van der Waals surface area contributed by atoms with Gasteiger partial charge in [0.25, 0.3) is 0 Å². The normalized spacial score (nSPS) is 17.4. The van der Waals surface area contributed by atoms with Gasteiger partial charge in [-0.2, -0.15) is 0 Å². The molecule has 6 heteroatoms. The molecular formula is C12H19NO3S2. The highest BCUT2D eigenvalue weighted by Gasteiger charge is 2.24. The molecule has 1 aromatic heterocycles. The van der Waals surface area contributed by atoms with Gasteiger partial charge in [-0.25, -0.2) is 13.1 Å². The van der Waals surface area contributed by atoms with Crippen LogP contribution in [0.3, 0.4) is 0 Å². The van der Waals surface area contributed by atoms with Crippen LogP contribution in [0.15, 0.2) is 10.3 Å². The molecule has 2 N–H and O–H groups in total. The summed E-state index contributed by atoms with van der Waals surface area (Å²) in [7, 11) is -3.48. The number of thiophene rings is 1. The molecular weight excluding hydrogens is 270 g/mol. The standard InChI is InChI=1S/C12H19NO3S2/c1-9-8-17-11(7-14)12(9)18(15,16)13-6-10-4-2-3-5-10/h8,10,13-14H,2-7H2,1H3. The molecule has 1 fully saturated rings. The van der Waals surface area contributed by atoms with Crippen molar-refractivity contribution in [2.75, 3.05) is 6.54 Å². The highest BCUT2D eigenvalue weighted by Crippen LogP contribution is 2.28. The van der Waals surface area contributed by atoms with E-state index in [0.29, 0.717) is 22.9 Å². The lowest BCUT2D eigenvalue weighted by atomic mass is 10.1. The van der Waals surface area contributed by atoms with Gasteiger partial charge >= 0.3 is 0 Å². The zero-order valence-corrected chi connectivity index (χ0v) is 12.1. The van der Waals surface area contributed by atoms with Crippen molar-refractivity contribution in [2.45, 2.75) is 44.1 Å². The number of rotatable bonds is 5. The molecule has 4 nitrogen and oxygen atoms in total. The lowest BCUT2D eigenvalue weighted by molar-refractivity contribution is 0.282. The van der Waals surface area contributed by atoms with Gasteiger partial charge in [-0.05, 0) is 36.6 Å². The molecule has 0 amide bonds. The Balaban J connectivity index is 2.11. The van der Waals surface area contributed by atoms with Crippen LogP contribution >= 0.6 is 11.3 Å². The Bertz CT molecular complexity index is 501. The average molecular weight is 289 g/mol. The second kappa shape index (κ2) is 5.69. The van der Waals surface area contributed by atoms with Crippen LogP contribution in [0.4, 0.5) is 0 Å². The first-order valence-corrected chi connectivity index (χ1v) is 8.58. The van der Waals surface area contributed by atoms with Gasteiger partial charge in [-0.3, -0.25) is 0 Å². The highest BCUT2D eigenvalue weighted by atomic mass is 32.2. The molecule has 1 heterocycles. The summed E-state index contributed by atoms with van der Waals surface area (Å²) in [5, 5.41) is 11.0. The van der Waals surface area contributed by atoms with Gasteiger partial charge in [0.05, 0.1) is 11.5 Å². The first-order valence-electron chi connectivity index (χ1n) is 6.22. The second-order valence-corrected chi connectivity index (χ2v) is 7.50. The van der Waals surface area contributed by atoms with E-state index in [1.807, 2.05) is 0 Å². The van der Waals surface area contributed by atoms with Crippen LogP contribution in [-0.4, -0.2) is 20.1 Å². The molecule has 0 atom stereocenters. The Morgan fingerprint density at radius 3 is 2.72 bits per heavy atom. The molecule has 1 aromatic rings. The van der Waals surface area contributed by atoms with Crippen molar-refractivity contribution in [1.82, 2.24) is 4.72 Å². The number of hydrogen-bond donors (Lipinski definition) is 2. The van der Waals surface area contributed by atoms with Crippen molar-refractivity contribution in [2.24, 2.45) is 5.92 Å². The minimum absolute atomic E-state index is 0.224. The van der Waals surface area contributed by atoms with E-state index in [2.05, 4.69) is 4.72 Å². The third-order valence-corrected chi connectivity index (χ3v) is 6.31. The van der Waals surface area contributed by atoms with E-state index in [1.165, 1.54) is 24.2 Å². The summed E-state index contributed by atoms with van der Waals surface area (Å²) >= 11 is 1.29. The molecule has 0 radical (unpaired) electrons. The molecule has 0 unspecified atom stereocenters. The number of aliphatic hydroxyl groups excluding tert-OH is 1. The third kappa shape index (κ3) is 2.93. The number of sulfonamides is 1. The Labute approximate surface area is 112 Å². The summed E-state index contributed by atoms with van der Waals surface area (Å²) in [6, 6.07) is 0. The summed E-state index contributed by atoms with van der Waals surface area (Å²) in [6.07, 6.45) is 4.62. The fourth-order valence-electron chi connectivity index (χ4n) is 2.47. The van der Waals surface area contributed by atoms with Crippen LogP contribution < -0.4 is 4.72 Å². The maximum Gasteiger partial charge on any atom is 0.242 e. The van der Waals surface area contributed by atoms with E-state index in [9.17, 15) is 13.5 Å². The Morgan fingerprint density at radius 2 is 2.11 bits per heavy atom. The van der Waals surface area contributed by atoms with E-state index in [0.717, 1.165) is 12.8 Å². The van der Waals surface area contributed by atoms with Gasteiger partial charge in [0.2, 0.25) is 10.0 Å². The van der Waals surface area contributed by atoms with Crippen molar-refractivity contribution in [3.8, 4) is 0 Å². The van der Waals surface area contributed by atoms with Crippen LogP contribution in [-0.2, 0) is 16.6 Å². The molecule has 1 aliphatic rings. The zero-order chi connectivity index (χ0) is 13.2. The Kier molecular flexibility index (Phi) is 4.42. The lowest BCUT2D eigenvalue weighted by Crippen LogP contribution is -2.29. The smallest absolute Gasteiger partial charge is 0.242 e. The van der Waals surface area contributed by atoms with Gasteiger partial charge in [-0.1, -0.05) is 12.8 Å². The molecule has 102 valence electrons. The molecule has 0 aromatic carbocycles. The van der Waals surface area contributed by atoms with Crippen LogP contribution in [0.2, 0.25) is 0 Å². The predicted molar refractivity (Wildman–Crippen MR) is 72.1 cm³/mol. The topological polar surface area (TPSA) is 66.4 Å². The lowest BCUT2D eigenvalue weighted by Gasteiger charge is -2.12. The third-order valence-electron chi connectivity index (χ3n) is 3.44. The molecule has 0 saturated heterocycles. The number of aliphatic hydroxyl groups is 1. The largest absolute Gasteiger partial charge is 0.391 e. The molecule has 1 saturated carbocycles. The van der Waals surface area contributed by atoms with E-state index >= 15 is 0 Å². The molecule has 2 rings (SSSR count). The van der Waals surface area contributed by atoms with E-state index < -0.39 is 10.0 Å². The molecule has 0 aliphatic heterocycles. The van der Waals surface area contributed by atoms with Gasteiger partial charge in [0, 0.05) is 6.54 Å². The van der Waals surface area contributed by atoms with Crippen molar-refractivity contribution < 1.29 is 13.5 Å². The maximum absolute atomic E-state index is 12.2. The minimum atomic E-state index is -3.48. The van der Waals surface area contributed by atoms with Gasteiger partial charge in [-0.15, -0.1) is 11.3 Å². The Morgan fingerprint density at radius 1 is 1.44 bits per heavy atom. The van der Waals surface area contributed by atoms with Gasteiger partial charge in [0.15, 0.2) is 0 Å². The van der Waals surface area contributed by atoms with Gasteiger partial charge < -0.3 is 5.11 Å². The van der Waals surface area contributed by atoms with Crippen LogP contribution in [0.5, 0.6) is 0 Å². The number of aryl methyl sites for hydroxylation is 1. The van der Waals surface area contributed by atoms with E-state index in [1.54, 1.807) is 12.3 Å². The summed E-state index contributed by atoms with van der Waals surface area (Å²) in [5.41, 5.74) is 0.711. The molecule has 1 aliphatic carbocycles. The molecule has 18 heavy (non-hydrogen) atoms. The van der Waals surface area contributed by atoms with Gasteiger partial charge in [0.1, 0.15) is 4.90 Å². The van der Waals surface area contributed by atoms with Crippen LogP contribution in [0.1, 0.15) is 36.1 Å². The fourth-order valence-corrected chi connectivity index (χ4v) is 5.25. The monoisotopic (exact) mass is 289 g/mol.